The zero-order chi connectivity index (χ0) is 12.3. The summed E-state index contributed by atoms with van der Waals surface area (Å²) in [5.74, 6) is 0. The van der Waals surface area contributed by atoms with Crippen LogP contribution in [0.5, 0.6) is 0 Å². The van der Waals surface area contributed by atoms with Gasteiger partial charge < -0.3 is 5.21 Å². The molecule has 0 bridgehead atoms. The van der Waals surface area contributed by atoms with Crippen LogP contribution >= 0.6 is 15.9 Å². The first-order valence-electron chi connectivity index (χ1n) is 5.00. The molecule has 6 heteroatoms. The highest BCUT2D eigenvalue weighted by Gasteiger charge is 2.09. The first-order chi connectivity index (χ1) is 8.20. The number of nitrogens with zero attached hydrogens (tertiary/aromatic N) is 4. The largest absolute Gasteiger partial charge is 0.411 e. The molecule has 0 unspecified atom stereocenters. The van der Waals surface area contributed by atoms with Crippen LogP contribution in [0.4, 0.5) is 0 Å². The zero-order valence-corrected chi connectivity index (χ0v) is 10.8. The highest BCUT2D eigenvalue weighted by molar-refractivity contribution is 9.10. The van der Waals surface area contributed by atoms with E-state index in [0.29, 0.717) is 12.3 Å². The van der Waals surface area contributed by atoms with Crippen LogP contribution < -0.4 is 0 Å². The molecule has 1 aromatic heterocycles. The molecule has 0 aliphatic heterocycles. The van der Waals surface area contributed by atoms with Crippen molar-refractivity contribution in [3.05, 3.63) is 46.5 Å². The maximum absolute atomic E-state index is 9.09. The Morgan fingerprint density at radius 1 is 1.53 bits per heavy atom. The molecule has 88 valence electrons. The maximum atomic E-state index is 9.09. The van der Waals surface area contributed by atoms with Crippen molar-refractivity contribution in [2.75, 3.05) is 0 Å². The van der Waals surface area contributed by atoms with Crippen LogP contribution in [0.2, 0.25) is 0 Å². The second kappa shape index (κ2) is 5.09. The molecule has 0 amide bonds. The van der Waals surface area contributed by atoms with Crippen molar-refractivity contribution >= 4 is 21.6 Å². The maximum Gasteiger partial charge on any atom is 0.137 e. The van der Waals surface area contributed by atoms with Gasteiger partial charge in [0.1, 0.15) is 18.4 Å². The van der Waals surface area contributed by atoms with Gasteiger partial charge in [0.2, 0.25) is 0 Å². The van der Waals surface area contributed by atoms with Crippen LogP contribution in [-0.4, -0.2) is 25.7 Å². The van der Waals surface area contributed by atoms with E-state index in [2.05, 4.69) is 31.2 Å². The second-order valence-electron chi connectivity index (χ2n) is 3.60. The lowest BCUT2D eigenvalue weighted by molar-refractivity contribution is 0.317. The third-order valence-corrected chi connectivity index (χ3v) is 2.89. The first-order valence-corrected chi connectivity index (χ1v) is 5.80. The smallest absolute Gasteiger partial charge is 0.137 e. The Morgan fingerprint density at radius 3 is 2.94 bits per heavy atom. The zero-order valence-electron chi connectivity index (χ0n) is 9.21. The van der Waals surface area contributed by atoms with Crippen LogP contribution in [0.1, 0.15) is 11.1 Å². The van der Waals surface area contributed by atoms with Gasteiger partial charge in [0.05, 0.1) is 6.54 Å². The van der Waals surface area contributed by atoms with Gasteiger partial charge in [-0.05, 0) is 24.6 Å². The number of aromatic nitrogens is 3. The predicted octanol–water partition coefficient (Wildman–Crippen LogP) is 2.23. The summed E-state index contributed by atoms with van der Waals surface area (Å²) in [4.78, 5) is 3.85. The normalized spacial score (nSPS) is 11.8. The number of hydrogen-bond acceptors (Lipinski definition) is 4. The van der Waals surface area contributed by atoms with Crippen LogP contribution in [-0.2, 0) is 6.54 Å². The highest BCUT2D eigenvalue weighted by atomic mass is 79.9. The van der Waals surface area contributed by atoms with Crippen molar-refractivity contribution < 1.29 is 5.21 Å². The van der Waals surface area contributed by atoms with Gasteiger partial charge in [-0.15, -0.1) is 0 Å². The minimum absolute atomic E-state index is 0.388. The van der Waals surface area contributed by atoms with Crippen molar-refractivity contribution in [2.24, 2.45) is 5.16 Å². The molecule has 0 fully saturated rings. The predicted molar refractivity (Wildman–Crippen MR) is 67.2 cm³/mol. The average Bonchev–Trinajstić information content (AvgIpc) is 2.79. The number of benzene rings is 1. The summed E-state index contributed by atoms with van der Waals surface area (Å²) in [5, 5.41) is 16.4. The number of halogens is 1. The molecule has 1 heterocycles. The molecule has 2 rings (SSSR count). The fraction of sp³-hybridized carbons (Fsp3) is 0.182. The molecule has 1 N–H and O–H groups in total. The Bertz CT molecular complexity index is 536. The van der Waals surface area contributed by atoms with Crippen molar-refractivity contribution in [1.29, 1.82) is 0 Å². The highest BCUT2D eigenvalue weighted by Crippen LogP contribution is 2.17. The minimum Gasteiger partial charge on any atom is -0.411 e. The molecule has 0 spiro atoms. The number of oxime groups is 1. The number of rotatable bonds is 3. The van der Waals surface area contributed by atoms with E-state index in [0.717, 1.165) is 15.6 Å². The molecule has 2 aromatic rings. The third kappa shape index (κ3) is 2.71. The van der Waals surface area contributed by atoms with E-state index in [-0.39, 0.29) is 0 Å². The van der Waals surface area contributed by atoms with Gasteiger partial charge in [-0.2, -0.15) is 5.10 Å². The molecule has 0 saturated heterocycles. The lowest BCUT2D eigenvalue weighted by Crippen LogP contribution is -2.13. The molecular formula is C11H11BrN4O. The van der Waals surface area contributed by atoms with Crippen LogP contribution in [0.15, 0.2) is 40.5 Å². The monoisotopic (exact) mass is 294 g/mol. The lowest BCUT2D eigenvalue weighted by atomic mass is 10.0. The molecule has 0 radical (unpaired) electrons. The summed E-state index contributed by atoms with van der Waals surface area (Å²) in [6, 6.07) is 5.79. The Hall–Kier alpha value is -1.69. The Morgan fingerprint density at radius 2 is 2.35 bits per heavy atom. The first kappa shape index (κ1) is 11.8. The van der Waals surface area contributed by atoms with E-state index < -0.39 is 0 Å². The topological polar surface area (TPSA) is 63.3 Å². The van der Waals surface area contributed by atoms with Gasteiger partial charge in [-0.3, -0.25) is 0 Å². The van der Waals surface area contributed by atoms with Crippen molar-refractivity contribution in [1.82, 2.24) is 14.8 Å². The standard InChI is InChI=1S/C11H11BrN4O/c1-8-4-9(12)2-3-10(8)11(15-17)5-16-7-13-6-14-16/h2-4,6-7,17H,5H2,1H3. The molecule has 17 heavy (non-hydrogen) atoms. The Labute approximate surface area is 107 Å². The SMILES string of the molecule is Cc1cc(Br)ccc1C(Cn1cncn1)=NO. The summed E-state index contributed by atoms with van der Waals surface area (Å²) in [5.41, 5.74) is 2.49. The lowest BCUT2D eigenvalue weighted by Gasteiger charge is -2.08. The molecule has 0 aliphatic carbocycles. The quantitative estimate of drug-likeness (QED) is 0.536. The second-order valence-corrected chi connectivity index (χ2v) is 4.51. The van der Waals surface area contributed by atoms with E-state index in [9.17, 15) is 0 Å². The van der Waals surface area contributed by atoms with Crippen molar-refractivity contribution in [3.63, 3.8) is 0 Å². The van der Waals surface area contributed by atoms with Gasteiger partial charge in [-0.1, -0.05) is 27.2 Å². The van der Waals surface area contributed by atoms with Crippen molar-refractivity contribution in [2.45, 2.75) is 13.5 Å². The van der Waals surface area contributed by atoms with Gasteiger partial charge in [-0.25, -0.2) is 9.67 Å². The van der Waals surface area contributed by atoms with E-state index in [1.807, 2.05) is 25.1 Å². The minimum atomic E-state index is 0.388. The number of hydrogen-bond donors (Lipinski definition) is 1. The molecular weight excluding hydrogens is 284 g/mol. The molecule has 0 saturated carbocycles. The molecule has 0 atom stereocenters. The molecule has 5 nitrogen and oxygen atoms in total. The Balaban J connectivity index is 2.30. The fourth-order valence-corrected chi connectivity index (χ4v) is 2.06. The average molecular weight is 295 g/mol. The van der Waals surface area contributed by atoms with Gasteiger partial charge in [0.15, 0.2) is 0 Å². The van der Waals surface area contributed by atoms with Gasteiger partial charge in [0, 0.05) is 10.0 Å². The third-order valence-electron chi connectivity index (χ3n) is 2.40. The molecule has 1 aromatic carbocycles. The van der Waals surface area contributed by atoms with Crippen LogP contribution in [0.25, 0.3) is 0 Å². The van der Waals surface area contributed by atoms with Crippen LogP contribution in [0, 0.1) is 6.92 Å². The van der Waals surface area contributed by atoms with Gasteiger partial charge in [0.25, 0.3) is 0 Å². The number of aryl methyl sites for hydroxylation is 1. The van der Waals surface area contributed by atoms with Crippen molar-refractivity contribution in [3.8, 4) is 0 Å². The summed E-state index contributed by atoms with van der Waals surface area (Å²) < 4.78 is 2.60. The van der Waals surface area contributed by atoms with E-state index >= 15 is 0 Å². The van der Waals surface area contributed by atoms with Gasteiger partial charge >= 0.3 is 0 Å². The summed E-state index contributed by atoms with van der Waals surface area (Å²) in [7, 11) is 0. The van der Waals surface area contributed by atoms with E-state index in [1.54, 1.807) is 11.0 Å². The summed E-state index contributed by atoms with van der Waals surface area (Å²) >= 11 is 3.40. The van der Waals surface area contributed by atoms with E-state index in [1.165, 1.54) is 6.33 Å². The Kier molecular flexibility index (Phi) is 3.53. The fourth-order valence-electron chi connectivity index (χ4n) is 1.59. The molecule has 0 aliphatic rings. The van der Waals surface area contributed by atoms with Crippen LogP contribution in [0.3, 0.4) is 0 Å². The van der Waals surface area contributed by atoms with E-state index in [4.69, 9.17) is 5.21 Å². The summed E-state index contributed by atoms with van der Waals surface area (Å²) in [6.45, 7) is 2.35. The summed E-state index contributed by atoms with van der Waals surface area (Å²) in [6.07, 6.45) is 3.03.